The third-order valence-corrected chi connectivity index (χ3v) is 3.92. The normalized spacial score (nSPS) is 12.3. The van der Waals surface area contributed by atoms with E-state index in [-0.39, 0.29) is 0 Å². The van der Waals surface area contributed by atoms with Crippen molar-refractivity contribution in [2.24, 2.45) is 5.92 Å². The Bertz CT molecular complexity index is 467. The summed E-state index contributed by atoms with van der Waals surface area (Å²) in [5.41, 5.74) is 1.35. The van der Waals surface area contributed by atoms with E-state index < -0.39 is 0 Å². The van der Waals surface area contributed by atoms with Crippen molar-refractivity contribution in [2.75, 3.05) is 20.7 Å². The maximum atomic E-state index is 5.19. The summed E-state index contributed by atoms with van der Waals surface area (Å²) in [5, 5.41) is 6.53. The molecule has 1 heterocycles. The zero-order valence-electron chi connectivity index (χ0n) is 11.4. The second-order valence-electron chi connectivity index (χ2n) is 4.61. The summed E-state index contributed by atoms with van der Waals surface area (Å²) in [6.45, 7) is 1.01. The van der Waals surface area contributed by atoms with Gasteiger partial charge in [-0.25, -0.2) is 4.98 Å². The highest BCUT2D eigenvalue weighted by Gasteiger charge is 2.11. The van der Waals surface area contributed by atoms with Crippen LogP contribution < -0.4 is 10.1 Å². The maximum Gasteiger partial charge on any atom is 0.118 e. The molecule has 0 aliphatic rings. The molecule has 1 aromatic carbocycles. The van der Waals surface area contributed by atoms with Gasteiger partial charge in [-0.2, -0.15) is 0 Å². The smallest absolute Gasteiger partial charge is 0.118 e. The van der Waals surface area contributed by atoms with Gasteiger partial charge in [-0.3, -0.25) is 0 Å². The monoisotopic (exact) mass is 276 g/mol. The van der Waals surface area contributed by atoms with Crippen LogP contribution in [-0.2, 0) is 12.8 Å². The fourth-order valence-corrected chi connectivity index (χ4v) is 2.93. The van der Waals surface area contributed by atoms with E-state index in [1.54, 1.807) is 18.4 Å². The highest BCUT2D eigenvalue weighted by Crippen LogP contribution is 2.18. The molecule has 0 bridgehead atoms. The Morgan fingerprint density at radius 3 is 2.63 bits per heavy atom. The first-order chi connectivity index (χ1) is 9.31. The van der Waals surface area contributed by atoms with Crippen LogP contribution in [-0.4, -0.2) is 25.7 Å². The number of methoxy groups -OCH3 is 1. The number of thiazole rings is 1. The molecule has 0 spiro atoms. The number of rotatable bonds is 7. The first-order valence-corrected chi connectivity index (χ1v) is 7.35. The Hall–Kier alpha value is -1.39. The lowest BCUT2D eigenvalue weighted by molar-refractivity contribution is 0.414. The van der Waals surface area contributed by atoms with E-state index in [0.29, 0.717) is 5.92 Å². The van der Waals surface area contributed by atoms with E-state index in [0.717, 1.165) is 25.1 Å². The van der Waals surface area contributed by atoms with Gasteiger partial charge in [-0.15, -0.1) is 11.3 Å². The van der Waals surface area contributed by atoms with Crippen molar-refractivity contribution in [1.29, 1.82) is 0 Å². The molecule has 2 rings (SSSR count). The molecule has 0 aliphatic carbocycles. The molecule has 0 saturated carbocycles. The molecule has 4 heteroatoms. The fourth-order valence-electron chi connectivity index (χ4n) is 2.20. The van der Waals surface area contributed by atoms with Crippen LogP contribution in [0.3, 0.4) is 0 Å². The molecule has 1 unspecified atom stereocenters. The summed E-state index contributed by atoms with van der Waals surface area (Å²) < 4.78 is 5.19. The van der Waals surface area contributed by atoms with E-state index >= 15 is 0 Å². The van der Waals surface area contributed by atoms with E-state index in [1.807, 2.05) is 30.8 Å². The van der Waals surface area contributed by atoms with Gasteiger partial charge in [-0.05, 0) is 43.6 Å². The van der Waals surface area contributed by atoms with Gasteiger partial charge < -0.3 is 10.1 Å². The zero-order valence-corrected chi connectivity index (χ0v) is 12.2. The Balaban J connectivity index is 1.98. The van der Waals surface area contributed by atoms with Crippen molar-refractivity contribution in [1.82, 2.24) is 10.3 Å². The molecule has 3 nitrogen and oxygen atoms in total. The van der Waals surface area contributed by atoms with Crippen LogP contribution in [0.25, 0.3) is 0 Å². The van der Waals surface area contributed by atoms with Crippen LogP contribution in [0, 0.1) is 5.92 Å². The molecule has 2 aromatic rings. The molecule has 1 atom stereocenters. The van der Waals surface area contributed by atoms with Gasteiger partial charge >= 0.3 is 0 Å². The fraction of sp³-hybridized carbons (Fsp3) is 0.400. The van der Waals surface area contributed by atoms with Crippen molar-refractivity contribution in [3.63, 3.8) is 0 Å². The molecule has 0 saturated heterocycles. The van der Waals surface area contributed by atoms with Gasteiger partial charge in [0.15, 0.2) is 0 Å². The number of benzene rings is 1. The summed E-state index contributed by atoms with van der Waals surface area (Å²) in [6, 6.07) is 8.33. The van der Waals surface area contributed by atoms with Crippen LogP contribution >= 0.6 is 11.3 Å². The topological polar surface area (TPSA) is 34.1 Å². The first kappa shape index (κ1) is 14.0. The average Bonchev–Trinajstić information content (AvgIpc) is 2.93. The highest BCUT2D eigenvalue weighted by atomic mass is 32.1. The second-order valence-corrected chi connectivity index (χ2v) is 5.58. The van der Waals surface area contributed by atoms with Crippen molar-refractivity contribution >= 4 is 11.3 Å². The van der Waals surface area contributed by atoms with E-state index in [9.17, 15) is 0 Å². The lowest BCUT2D eigenvalue weighted by Crippen LogP contribution is -2.22. The van der Waals surface area contributed by atoms with Crippen molar-refractivity contribution in [3.8, 4) is 5.75 Å². The van der Waals surface area contributed by atoms with E-state index in [1.165, 1.54) is 10.6 Å². The number of nitrogens with one attached hydrogen (secondary N) is 1. The van der Waals surface area contributed by atoms with Gasteiger partial charge in [0.1, 0.15) is 5.75 Å². The molecular weight excluding hydrogens is 256 g/mol. The van der Waals surface area contributed by atoms with Crippen LogP contribution in [0.4, 0.5) is 0 Å². The summed E-state index contributed by atoms with van der Waals surface area (Å²) in [7, 11) is 3.70. The van der Waals surface area contributed by atoms with Crippen LogP contribution in [0.15, 0.2) is 35.8 Å². The van der Waals surface area contributed by atoms with Crippen LogP contribution in [0.1, 0.15) is 10.6 Å². The first-order valence-electron chi connectivity index (χ1n) is 6.47. The second kappa shape index (κ2) is 7.26. The molecular formula is C15H20N2OS. The Morgan fingerprint density at radius 2 is 2.05 bits per heavy atom. The Labute approximate surface area is 118 Å². The van der Waals surface area contributed by atoms with E-state index in [2.05, 4.69) is 22.4 Å². The Morgan fingerprint density at radius 1 is 1.26 bits per heavy atom. The van der Waals surface area contributed by atoms with Gasteiger partial charge in [0.25, 0.3) is 0 Å². The van der Waals surface area contributed by atoms with Crippen LogP contribution in [0.5, 0.6) is 5.75 Å². The number of aromatic nitrogens is 1. The maximum absolute atomic E-state index is 5.19. The summed E-state index contributed by atoms with van der Waals surface area (Å²) in [4.78, 5) is 4.38. The Kier molecular flexibility index (Phi) is 5.36. The van der Waals surface area contributed by atoms with Gasteiger partial charge in [0.05, 0.1) is 12.1 Å². The summed E-state index contributed by atoms with van der Waals surface area (Å²) >= 11 is 1.73. The van der Waals surface area contributed by atoms with Crippen molar-refractivity contribution in [3.05, 3.63) is 46.4 Å². The predicted molar refractivity (Wildman–Crippen MR) is 79.9 cm³/mol. The number of nitrogens with zero attached hydrogens (tertiary/aromatic N) is 1. The molecule has 1 N–H and O–H groups in total. The quantitative estimate of drug-likeness (QED) is 0.844. The minimum atomic E-state index is 0.574. The van der Waals surface area contributed by atoms with Crippen LogP contribution in [0.2, 0.25) is 0 Å². The molecule has 19 heavy (non-hydrogen) atoms. The molecule has 0 aliphatic heterocycles. The highest BCUT2D eigenvalue weighted by molar-refractivity contribution is 7.09. The molecule has 0 radical (unpaired) electrons. The largest absolute Gasteiger partial charge is 0.497 e. The third kappa shape index (κ3) is 4.33. The molecule has 0 fully saturated rings. The number of hydrogen-bond acceptors (Lipinski definition) is 4. The van der Waals surface area contributed by atoms with E-state index in [4.69, 9.17) is 4.74 Å². The average molecular weight is 276 g/mol. The minimum absolute atomic E-state index is 0.574. The third-order valence-electron chi connectivity index (χ3n) is 3.12. The zero-order chi connectivity index (χ0) is 13.5. The standard InChI is InChI=1S/C15H20N2OS/c1-16-11-13(10-15-17-7-8-19-15)9-12-3-5-14(18-2)6-4-12/h3-8,13,16H,9-11H2,1-2H3. The lowest BCUT2D eigenvalue weighted by atomic mass is 9.96. The number of ether oxygens (including phenoxy) is 1. The lowest BCUT2D eigenvalue weighted by Gasteiger charge is -2.15. The van der Waals surface area contributed by atoms with Gasteiger partial charge in [0.2, 0.25) is 0 Å². The summed E-state index contributed by atoms with van der Waals surface area (Å²) in [6.07, 6.45) is 3.97. The number of hydrogen-bond donors (Lipinski definition) is 1. The molecule has 102 valence electrons. The molecule has 0 amide bonds. The van der Waals surface area contributed by atoms with Crippen molar-refractivity contribution < 1.29 is 4.74 Å². The minimum Gasteiger partial charge on any atom is -0.497 e. The summed E-state index contributed by atoms with van der Waals surface area (Å²) in [5.74, 6) is 1.48. The van der Waals surface area contributed by atoms with Crippen molar-refractivity contribution in [2.45, 2.75) is 12.8 Å². The SMILES string of the molecule is CNCC(Cc1ccc(OC)cc1)Cc1nccs1. The van der Waals surface area contributed by atoms with Gasteiger partial charge in [0, 0.05) is 18.0 Å². The van der Waals surface area contributed by atoms with Gasteiger partial charge in [-0.1, -0.05) is 12.1 Å². The molecule has 1 aromatic heterocycles. The predicted octanol–water partition coefficient (Wildman–Crippen LogP) is 2.77.